The number of anilines is 1. The number of hydrogen-bond donors (Lipinski definition) is 3. The van der Waals surface area contributed by atoms with Crippen LogP contribution in [0.4, 0.5) is 10.5 Å². The SMILES string of the molecule is C#Cc1cccc(NC(=O)NCC(CC(C)C)C(=O)O)c1. The molecular weight excluding hydrogens is 268 g/mol. The molecule has 0 aliphatic carbocycles. The van der Waals surface area contributed by atoms with E-state index in [2.05, 4.69) is 16.6 Å². The van der Waals surface area contributed by atoms with E-state index < -0.39 is 17.9 Å². The Morgan fingerprint density at radius 1 is 1.38 bits per heavy atom. The van der Waals surface area contributed by atoms with Gasteiger partial charge in [0.1, 0.15) is 0 Å². The number of urea groups is 1. The standard InChI is InChI=1S/C16H20N2O3/c1-4-12-6-5-7-14(9-12)18-16(21)17-10-13(15(19)20)8-11(2)3/h1,5-7,9,11,13H,8,10H2,2-3H3,(H,19,20)(H2,17,18,21). The van der Waals surface area contributed by atoms with E-state index in [1.165, 1.54) is 0 Å². The number of benzene rings is 1. The van der Waals surface area contributed by atoms with Crippen molar-refractivity contribution >= 4 is 17.7 Å². The van der Waals surface area contributed by atoms with E-state index in [1.807, 2.05) is 13.8 Å². The number of carboxylic acids is 1. The second-order valence-corrected chi connectivity index (χ2v) is 5.22. The summed E-state index contributed by atoms with van der Waals surface area (Å²) in [5, 5.41) is 14.3. The number of terminal acetylenes is 1. The van der Waals surface area contributed by atoms with Crippen molar-refractivity contribution in [2.75, 3.05) is 11.9 Å². The minimum absolute atomic E-state index is 0.0914. The normalized spacial score (nSPS) is 11.5. The van der Waals surface area contributed by atoms with Crippen LogP contribution in [0.15, 0.2) is 24.3 Å². The van der Waals surface area contributed by atoms with Crippen LogP contribution in [0.3, 0.4) is 0 Å². The van der Waals surface area contributed by atoms with Crippen LogP contribution in [0.25, 0.3) is 0 Å². The van der Waals surface area contributed by atoms with E-state index in [9.17, 15) is 9.59 Å². The van der Waals surface area contributed by atoms with E-state index in [1.54, 1.807) is 24.3 Å². The highest BCUT2D eigenvalue weighted by atomic mass is 16.4. The van der Waals surface area contributed by atoms with Crippen molar-refractivity contribution in [3.63, 3.8) is 0 Å². The fourth-order valence-corrected chi connectivity index (χ4v) is 1.92. The molecule has 2 amide bonds. The molecule has 0 aromatic heterocycles. The molecule has 21 heavy (non-hydrogen) atoms. The van der Waals surface area contributed by atoms with Crippen LogP contribution in [0.1, 0.15) is 25.8 Å². The monoisotopic (exact) mass is 288 g/mol. The summed E-state index contributed by atoms with van der Waals surface area (Å²) in [5.41, 5.74) is 1.23. The number of aliphatic carboxylic acids is 1. The number of carbonyl (C=O) groups excluding carboxylic acids is 1. The molecule has 3 N–H and O–H groups in total. The molecule has 5 nitrogen and oxygen atoms in total. The molecule has 1 atom stereocenters. The van der Waals surface area contributed by atoms with Crippen molar-refractivity contribution in [1.82, 2.24) is 5.32 Å². The highest BCUT2D eigenvalue weighted by Crippen LogP contribution is 2.12. The smallest absolute Gasteiger partial charge is 0.319 e. The molecule has 0 bridgehead atoms. The molecule has 1 aromatic rings. The number of nitrogens with one attached hydrogen (secondary N) is 2. The van der Waals surface area contributed by atoms with Gasteiger partial charge < -0.3 is 15.7 Å². The number of rotatable bonds is 6. The van der Waals surface area contributed by atoms with Gasteiger partial charge in [-0.05, 0) is 30.5 Å². The lowest BCUT2D eigenvalue weighted by molar-refractivity contribution is -0.142. The van der Waals surface area contributed by atoms with E-state index in [0.29, 0.717) is 17.7 Å². The third-order valence-electron chi connectivity index (χ3n) is 2.90. The fraction of sp³-hybridized carbons (Fsp3) is 0.375. The molecule has 0 spiro atoms. The second-order valence-electron chi connectivity index (χ2n) is 5.22. The van der Waals surface area contributed by atoms with Gasteiger partial charge >= 0.3 is 12.0 Å². The van der Waals surface area contributed by atoms with Gasteiger partial charge in [-0.1, -0.05) is 25.8 Å². The van der Waals surface area contributed by atoms with Crippen LogP contribution in [-0.4, -0.2) is 23.7 Å². The predicted octanol–water partition coefficient (Wildman–Crippen LogP) is 2.54. The van der Waals surface area contributed by atoms with Crippen LogP contribution in [0.2, 0.25) is 0 Å². The summed E-state index contributed by atoms with van der Waals surface area (Å²) >= 11 is 0. The molecule has 1 unspecified atom stereocenters. The summed E-state index contributed by atoms with van der Waals surface area (Å²) in [6, 6.07) is 6.43. The van der Waals surface area contributed by atoms with E-state index in [-0.39, 0.29) is 12.5 Å². The van der Waals surface area contributed by atoms with Crippen molar-refractivity contribution in [2.45, 2.75) is 20.3 Å². The minimum atomic E-state index is -0.904. The Kier molecular flexibility index (Phi) is 6.28. The molecule has 5 heteroatoms. The summed E-state index contributed by atoms with van der Waals surface area (Å²) in [7, 11) is 0. The first-order chi connectivity index (χ1) is 9.92. The lowest BCUT2D eigenvalue weighted by atomic mass is 9.97. The van der Waals surface area contributed by atoms with Crippen LogP contribution >= 0.6 is 0 Å². The van der Waals surface area contributed by atoms with Crippen molar-refractivity contribution < 1.29 is 14.7 Å². The third kappa shape index (κ3) is 6.00. The predicted molar refractivity (Wildman–Crippen MR) is 82.0 cm³/mol. The Labute approximate surface area is 124 Å². The topological polar surface area (TPSA) is 78.4 Å². The molecule has 1 rings (SSSR count). The second kappa shape index (κ2) is 7.95. The molecule has 0 fully saturated rings. The molecule has 0 heterocycles. The van der Waals surface area contributed by atoms with Gasteiger partial charge in [0, 0.05) is 17.8 Å². The maximum Gasteiger partial charge on any atom is 0.319 e. The zero-order valence-corrected chi connectivity index (χ0v) is 12.2. The summed E-state index contributed by atoms with van der Waals surface area (Å²) in [4.78, 5) is 22.9. The Bertz CT molecular complexity index is 547. The van der Waals surface area contributed by atoms with Crippen LogP contribution in [0, 0.1) is 24.2 Å². The summed E-state index contributed by atoms with van der Waals surface area (Å²) in [6.45, 7) is 3.98. The van der Waals surface area contributed by atoms with Crippen LogP contribution < -0.4 is 10.6 Å². The van der Waals surface area contributed by atoms with Gasteiger partial charge in [0.05, 0.1) is 5.92 Å². The van der Waals surface area contributed by atoms with Gasteiger partial charge in [0.15, 0.2) is 0 Å². The Hall–Kier alpha value is -2.48. The van der Waals surface area contributed by atoms with Crippen molar-refractivity contribution in [3.8, 4) is 12.3 Å². The van der Waals surface area contributed by atoms with Gasteiger partial charge in [-0.2, -0.15) is 0 Å². The van der Waals surface area contributed by atoms with Crippen molar-refractivity contribution in [3.05, 3.63) is 29.8 Å². The summed E-state index contributed by atoms with van der Waals surface area (Å²) in [5.74, 6) is 1.24. The molecule has 0 saturated heterocycles. The average Bonchev–Trinajstić information content (AvgIpc) is 2.43. The maximum absolute atomic E-state index is 11.8. The number of carboxylic acid groups (broad SMARTS) is 1. The van der Waals surface area contributed by atoms with Gasteiger partial charge in [-0.25, -0.2) is 4.79 Å². The number of hydrogen-bond acceptors (Lipinski definition) is 2. The third-order valence-corrected chi connectivity index (χ3v) is 2.90. The Morgan fingerprint density at radius 3 is 2.67 bits per heavy atom. The van der Waals surface area contributed by atoms with Crippen LogP contribution in [0.5, 0.6) is 0 Å². The van der Waals surface area contributed by atoms with Gasteiger partial charge in [0.2, 0.25) is 0 Å². The van der Waals surface area contributed by atoms with E-state index >= 15 is 0 Å². The minimum Gasteiger partial charge on any atom is -0.481 e. The first-order valence-corrected chi connectivity index (χ1v) is 6.76. The van der Waals surface area contributed by atoms with Gasteiger partial charge in [-0.3, -0.25) is 4.79 Å². The lowest BCUT2D eigenvalue weighted by Crippen LogP contribution is -2.36. The molecule has 112 valence electrons. The summed E-state index contributed by atoms with van der Waals surface area (Å²) < 4.78 is 0. The molecule has 1 aromatic carbocycles. The molecule has 0 aliphatic heterocycles. The fourth-order valence-electron chi connectivity index (χ4n) is 1.92. The van der Waals surface area contributed by atoms with E-state index in [0.717, 1.165) is 0 Å². The molecule has 0 saturated carbocycles. The van der Waals surface area contributed by atoms with Gasteiger partial charge in [0.25, 0.3) is 0 Å². The Morgan fingerprint density at radius 2 is 2.10 bits per heavy atom. The highest BCUT2D eigenvalue weighted by molar-refractivity contribution is 5.89. The first kappa shape index (κ1) is 16.6. The lowest BCUT2D eigenvalue weighted by Gasteiger charge is -2.15. The largest absolute Gasteiger partial charge is 0.481 e. The van der Waals surface area contributed by atoms with Crippen molar-refractivity contribution in [2.24, 2.45) is 11.8 Å². The molecule has 0 radical (unpaired) electrons. The van der Waals surface area contributed by atoms with E-state index in [4.69, 9.17) is 11.5 Å². The number of amides is 2. The zero-order valence-electron chi connectivity index (χ0n) is 12.2. The average molecular weight is 288 g/mol. The Balaban J connectivity index is 2.53. The number of carbonyl (C=O) groups is 2. The van der Waals surface area contributed by atoms with Gasteiger partial charge in [-0.15, -0.1) is 6.42 Å². The summed E-state index contributed by atoms with van der Waals surface area (Å²) in [6.07, 6.45) is 5.80. The molecule has 0 aliphatic rings. The van der Waals surface area contributed by atoms with Crippen LogP contribution in [-0.2, 0) is 4.79 Å². The first-order valence-electron chi connectivity index (χ1n) is 6.76. The highest BCUT2D eigenvalue weighted by Gasteiger charge is 2.19. The molecular formula is C16H20N2O3. The van der Waals surface area contributed by atoms with Crippen molar-refractivity contribution in [1.29, 1.82) is 0 Å². The quantitative estimate of drug-likeness (QED) is 0.704. The maximum atomic E-state index is 11.8. The zero-order chi connectivity index (χ0) is 15.8.